The molecule has 0 unspecified atom stereocenters. The minimum absolute atomic E-state index is 0.0402. The van der Waals surface area contributed by atoms with Crippen molar-refractivity contribution >= 4 is 11.6 Å². The third-order valence-corrected chi connectivity index (χ3v) is 4.94. The van der Waals surface area contributed by atoms with Crippen LogP contribution >= 0.6 is 0 Å². The van der Waals surface area contributed by atoms with E-state index in [1.807, 2.05) is 24.3 Å². The van der Waals surface area contributed by atoms with Crippen LogP contribution in [0.4, 0.5) is 10.1 Å². The molecular weight excluding hydrogens is 373 g/mol. The predicted octanol–water partition coefficient (Wildman–Crippen LogP) is 4.58. The van der Waals surface area contributed by atoms with Crippen molar-refractivity contribution in [1.82, 2.24) is 10.1 Å². The summed E-state index contributed by atoms with van der Waals surface area (Å²) in [5.41, 5.74) is 1.47. The molecule has 7 heteroatoms. The van der Waals surface area contributed by atoms with Gasteiger partial charge in [0.2, 0.25) is 5.91 Å². The van der Waals surface area contributed by atoms with Gasteiger partial charge in [-0.3, -0.25) is 4.79 Å². The number of benzene rings is 2. The summed E-state index contributed by atoms with van der Waals surface area (Å²) >= 11 is 0. The number of hydrogen-bond donors (Lipinski definition) is 0. The van der Waals surface area contributed by atoms with Crippen LogP contribution in [0, 0.1) is 5.82 Å². The zero-order chi connectivity index (χ0) is 20.2. The molecule has 2 heterocycles. The third kappa shape index (κ3) is 4.29. The van der Waals surface area contributed by atoms with Gasteiger partial charge >= 0.3 is 0 Å². The molecule has 0 spiro atoms. The molecule has 29 heavy (non-hydrogen) atoms. The SMILES string of the molecule is CCCCOc1ccc(-c2nc([C@H]3CC(=O)N(c4ccc(F)cc4)C3)no2)cc1. The molecule has 4 rings (SSSR count). The second-order valence-corrected chi connectivity index (χ2v) is 7.07. The van der Waals surface area contributed by atoms with Crippen molar-refractivity contribution in [2.45, 2.75) is 32.1 Å². The Balaban J connectivity index is 1.44. The number of carbonyl (C=O) groups excluding carboxylic acids is 1. The number of halogens is 1. The first kappa shape index (κ1) is 19.1. The smallest absolute Gasteiger partial charge is 0.257 e. The number of ether oxygens (including phenoxy) is 1. The average molecular weight is 395 g/mol. The van der Waals surface area contributed by atoms with Gasteiger partial charge in [0.15, 0.2) is 5.82 Å². The highest BCUT2D eigenvalue weighted by molar-refractivity contribution is 5.96. The van der Waals surface area contributed by atoms with Gasteiger partial charge in [-0.1, -0.05) is 18.5 Å². The number of nitrogens with zero attached hydrogens (tertiary/aromatic N) is 3. The molecule has 1 saturated heterocycles. The number of anilines is 1. The van der Waals surface area contributed by atoms with E-state index in [9.17, 15) is 9.18 Å². The van der Waals surface area contributed by atoms with Gasteiger partial charge in [0.1, 0.15) is 11.6 Å². The lowest BCUT2D eigenvalue weighted by Crippen LogP contribution is -2.24. The number of hydrogen-bond acceptors (Lipinski definition) is 5. The highest BCUT2D eigenvalue weighted by Crippen LogP contribution is 2.31. The Morgan fingerprint density at radius 1 is 1.17 bits per heavy atom. The summed E-state index contributed by atoms with van der Waals surface area (Å²) in [5, 5.41) is 4.08. The van der Waals surface area contributed by atoms with Crippen LogP contribution in [0.1, 0.15) is 37.9 Å². The topological polar surface area (TPSA) is 68.5 Å². The molecule has 0 bridgehead atoms. The van der Waals surface area contributed by atoms with Crippen LogP contribution in [0.5, 0.6) is 5.75 Å². The average Bonchev–Trinajstić information content (AvgIpc) is 3.36. The van der Waals surface area contributed by atoms with E-state index in [1.165, 1.54) is 12.1 Å². The lowest BCUT2D eigenvalue weighted by Gasteiger charge is -2.15. The number of rotatable bonds is 7. The standard InChI is InChI=1S/C22H22FN3O3/c1-2-3-12-28-19-10-4-15(5-11-19)22-24-21(25-29-22)16-13-20(27)26(14-16)18-8-6-17(23)7-9-18/h4-11,16H,2-3,12-14H2,1H3/t16-/m0/s1. The molecule has 1 aromatic heterocycles. The van der Waals surface area contributed by atoms with E-state index in [1.54, 1.807) is 17.0 Å². The molecule has 2 aromatic carbocycles. The fourth-order valence-corrected chi connectivity index (χ4v) is 3.30. The summed E-state index contributed by atoms with van der Waals surface area (Å²) in [6, 6.07) is 13.4. The normalized spacial score (nSPS) is 16.4. The van der Waals surface area contributed by atoms with E-state index in [0.717, 1.165) is 24.2 Å². The van der Waals surface area contributed by atoms with E-state index < -0.39 is 0 Å². The summed E-state index contributed by atoms with van der Waals surface area (Å²) in [4.78, 5) is 18.5. The first-order valence-electron chi connectivity index (χ1n) is 9.77. The monoisotopic (exact) mass is 395 g/mol. The van der Waals surface area contributed by atoms with Gasteiger partial charge in [0, 0.05) is 30.1 Å². The fourth-order valence-electron chi connectivity index (χ4n) is 3.30. The van der Waals surface area contributed by atoms with E-state index >= 15 is 0 Å². The van der Waals surface area contributed by atoms with Crippen LogP contribution < -0.4 is 9.64 Å². The molecule has 150 valence electrons. The Morgan fingerprint density at radius 3 is 2.66 bits per heavy atom. The van der Waals surface area contributed by atoms with Crippen molar-refractivity contribution in [2.75, 3.05) is 18.1 Å². The molecule has 0 aliphatic carbocycles. The maximum atomic E-state index is 13.1. The summed E-state index contributed by atoms with van der Waals surface area (Å²) in [5.74, 6) is 1.18. The van der Waals surface area contributed by atoms with Crippen molar-refractivity contribution in [3.63, 3.8) is 0 Å². The third-order valence-electron chi connectivity index (χ3n) is 4.94. The van der Waals surface area contributed by atoms with Crippen molar-refractivity contribution in [3.8, 4) is 17.2 Å². The van der Waals surface area contributed by atoms with Crippen LogP contribution in [-0.2, 0) is 4.79 Å². The van der Waals surface area contributed by atoms with Gasteiger partial charge in [0.25, 0.3) is 5.89 Å². The van der Waals surface area contributed by atoms with E-state index in [4.69, 9.17) is 9.26 Å². The van der Waals surface area contributed by atoms with Crippen LogP contribution in [-0.4, -0.2) is 29.2 Å². The van der Waals surface area contributed by atoms with Crippen LogP contribution in [0.25, 0.3) is 11.5 Å². The second kappa shape index (κ2) is 8.43. The molecule has 1 aliphatic rings. The molecule has 0 N–H and O–H groups in total. The number of amides is 1. The van der Waals surface area contributed by atoms with Gasteiger partial charge in [-0.05, 0) is 55.0 Å². The summed E-state index contributed by atoms with van der Waals surface area (Å²) < 4.78 is 24.2. The van der Waals surface area contributed by atoms with Crippen molar-refractivity contribution in [1.29, 1.82) is 0 Å². The van der Waals surface area contributed by atoms with Gasteiger partial charge < -0.3 is 14.2 Å². The Kier molecular flexibility index (Phi) is 5.55. The van der Waals surface area contributed by atoms with Gasteiger partial charge in [-0.2, -0.15) is 4.98 Å². The first-order chi connectivity index (χ1) is 14.1. The van der Waals surface area contributed by atoms with Gasteiger partial charge in [-0.25, -0.2) is 4.39 Å². The summed E-state index contributed by atoms with van der Waals surface area (Å²) in [6.45, 7) is 3.25. The molecular formula is C22H22FN3O3. The molecule has 0 radical (unpaired) electrons. The van der Waals surface area contributed by atoms with E-state index in [0.29, 0.717) is 37.0 Å². The van der Waals surface area contributed by atoms with Gasteiger partial charge in [-0.15, -0.1) is 0 Å². The summed E-state index contributed by atoms with van der Waals surface area (Å²) in [7, 11) is 0. The zero-order valence-corrected chi connectivity index (χ0v) is 16.2. The molecule has 1 amide bonds. The number of carbonyl (C=O) groups is 1. The highest BCUT2D eigenvalue weighted by Gasteiger charge is 2.34. The minimum atomic E-state index is -0.332. The van der Waals surface area contributed by atoms with Crippen LogP contribution in [0.15, 0.2) is 53.1 Å². The Bertz CT molecular complexity index is 970. The maximum Gasteiger partial charge on any atom is 0.257 e. The van der Waals surface area contributed by atoms with E-state index in [-0.39, 0.29) is 17.6 Å². The van der Waals surface area contributed by atoms with Crippen LogP contribution in [0.3, 0.4) is 0 Å². The Labute approximate surface area is 168 Å². The predicted molar refractivity (Wildman–Crippen MR) is 106 cm³/mol. The second-order valence-electron chi connectivity index (χ2n) is 7.07. The zero-order valence-electron chi connectivity index (χ0n) is 16.2. The van der Waals surface area contributed by atoms with Crippen molar-refractivity contribution < 1.29 is 18.4 Å². The van der Waals surface area contributed by atoms with E-state index in [2.05, 4.69) is 17.1 Å². The minimum Gasteiger partial charge on any atom is -0.494 e. The first-order valence-corrected chi connectivity index (χ1v) is 9.77. The largest absolute Gasteiger partial charge is 0.494 e. The highest BCUT2D eigenvalue weighted by atomic mass is 19.1. The quantitative estimate of drug-likeness (QED) is 0.548. The Hall–Kier alpha value is -3.22. The molecule has 6 nitrogen and oxygen atoms in total. The fraction of sp³-hybridized carbons (Fsp3) is 0.318. The number of unbranched alkanes of at least 4 members (excludes halogenated alkanes) is 1. The van der Waals surface area contributed by atoms with Crippen molar-refractivity contribution in [2.24, 2.45) is 0 Å². The molecule has 1 atom stereocenters. The lowest BCUT2D eigenvalue weighted by atomic mass is 10.1. The van der Waals surface area contributed by atoms with Gasteiger partial charge in [0.05, 0.1) is 6.61 Å². The maximum absolute atomic E-state index is 13.1. The number of aromatic nitrogens is 2. The molecule has 0 saturated carbocycles. The summed E-state index contributed by atoms with van der Waals surface area (Å²) in [6.07, 6.45) is 2.40. The van der Waals surface area contributed by atoms with Crippen molar-refractivity contribution in [3.05, 3.63) is 60.2 Å². The molecule has 3 aromatic rings. The molecule has 1 aliphatic heterocycles. The Morgan fingerprint density at radius 2 is 1.93 bits per heavy atom. The lowest BCUT2D eigenvalue weighted by molar-refractivity contribution is -0.117. The van der Waals surface area contributed by atoms with Crippen LogP contribution in [0.2, 0.25) is 0 Å². The molecule has 1 fully saturated rings.